The number of hydrogen-bond donors (Lipinski definition) is 12. The van der Waals surface area contributed by atoms with Gasteiger partial charge >= 0.3 is 42.0 Å². The molecule has 20 aromatic rings. The summed E-state index contributed by atoms with van der Waals surface area (Å²) in [5.74, 6) is -5.49. The number of rotatable bonds is 13. The highest BCUT2D eigenvalue weighted by molar-refractivity contribution is 7.22. The number of aromatic amines is 6. The smallest absolute Gasteiger partial charge is 0.416 e. The van der Waals surface area contributed by atoms with Crippen molar-refractivity contribution < 1.29 is 81.7 Å². The van der Waals surface area contributed by atoms with Crippen LogP contribution < -0.4 is 4.74 Å². The van der Waals surface area contributed by atoms with Crippen molar-refractivity contribution in [2.45, 2.75) is 6.18 Å². The zero-order chi connectivity index (χ0) is 85.6. The normalized spacial score (nSPS) is 11.1. The SMILES string of the molecule is COc1cccc(-c2n[nH]c3ccc(C(=O)O)cc23)c1.O=C(O)c1ccc2[nH]nc(-c3cc4ccccc4s3)c2c1.O=C(O)c1ccc2[nH]nc(-c3ccc(F)cc3)c2c1.O=C(O)c1ccc2[nH]nc(-c3cccc(C(F)(F)F)c3)c2c1.O=C(O)c1ccc2[nH]nc(-c3cccc(Cl)c3)c2c1.O=C(O)c1ccc2[nH]nc(-c3nc4ccccc4s3)c2c1. The Hall–Kier alpha value is -16.1. The predicted molar refractivity (Wildman–Crippen MR) is 456 cm³/mol. The van der Waals surface area contributed by atoms with Gasteiger partial charge in [0, 0.05) is 64.3 Å². The lowest BCUT2D eigenvalue weighted by molar-refractivity contribution is -0.137. The molecule has 0 fully saturated rings. The fraction of sp³-hybridized carbons (Fsp3) is 0.0225. The summed E-state index contributed by atoms with van der Waals surface area (Å²) in [4.78, 5) is 71.9. The molecule has 20 rings (SSSR count). The monoisotopic (exact) mass is 1690 g/mol. The average molecular weight is 1690 g/mol. The number of thiophene rings is 1. The Morgan fingerprint density at radius 2 is 0.713 bits per heavy atom. The first kappa shape index (κ1) is 81.1. The Bertz CT molecular complexity index is 7210. The average Bonchev–Trinajstić information content (AvgIpc) is 1.65. The van der Waals surface area contributed by atoms with Crippen LogP contribution in [-0.4, -0.2) is 140 Å². The second-order valence-electron chi connectivity index (χ2n) is 26.8. The van der Waals surface area contributed by atoms with Crippen LogP contribution in [0.4, 0.5) is 17.6 Å². The molecule has 0 saturated carbocycles. The van der Waals surface area contributed by atoms with Gasteiger partial charge in [-0.1, -0.05) is 78.3 Å². The number of halogens is 5. The van der Waals surface area contributed by atoms with Crippen LogP contribution in [0.2, 0.25) is 5.02 Å². The first-order chi connectivity index (χ1) is 58.8. The van der Waals surface area contributed by atoms with Crippen molar-refractivity contribution >= 4 is 156 Å². The van der Waals surface area contributed by atoms with Crippen molar-refractivity contribution in [3.8, 4) is 72.1 Å². The first-order valence-electron chi connectivity index (χ1n) is 36.3. The summed E-state index contributed by atoms with van der Waals surface area (Å²) >= 11 is 9.16. The van der Waals surface area contributed by atoms with Crippen LogP contribution in [-0.2, 0) is 6.18 Å². The topological polar surface area (TPSA) is 418 Å². The van der Waals surface area contributed by atoms with E-state index in [0.717, 1.165) is 109 Å². The van der Waals surface area contributed by atoms with Crippen LogP contribution in [0.25, 0.3) is 152 Å². The van der Waals surface area contributed by atoms with Crippen LogP contribution in [0.1, 0.15) is 67.7 Å². The lowest BCUT2D eigenvalue weighted by atomic mass is 10.0. The summed E-state index contributed by atoms with van der Waals surface area (Å²) in [7, 11) is 1.60. The fourth-order valence-electron chi connectivity index (χ4n) is 13.0. The molecular weight excluding hydrogens is 1630 g/mol. The quantitative estimate of drug-likeness (QED) is 0.0477. The number of alkyl halides is 3. The van der Waals surface area contributed by atoms with Crippen molar-refractivity contribution in [1.82, 2.24) is 66.2 Å². The van der Waals surface area contributed by atoms with Crippen LogP contribution in [0, 0.1) is 5.82 Å². The zero-order valence-corrected chi connectivity index (χ0v) is 65.1. The molecule has 8 heterocycles. The van der Waals surface area contributed by atoms with Crippen molar-refractivity contribution in [1.29, 1.82) is 0 Å². The standard InChI is InChI=1S/C16H10N2O2S.C15H9F3N2O2.C15H9N3O2S.C15H12N2O3.C14H9ClN2O2.C14H9FN2O2/c19-16(20)10-5-6-12-11(7-10)15(18-17-12)14-8-9-3-1-2-4-13(9)21-14;16-15(17,18)10-3-1-2-8(6-10)13-11-7-9(14(21)22)4-5-12(11)19-20-13;19-15(20)8-5-6-10-9(7-8)13(18-17-10)14-16-11-3-1-2-4-12(11)21-14;1-20-11-4-2-3-9(7-11)14-12-8-10(15(18)19)5-6-13(12)16-17-14;15-10-3-1-2-8(6-10)13-11-7-9(14(18)19)4-5-12(11)16-17-13;15-10-4-1-8(2-5-10)13-11-7-9(14(18)19)3-6-12(11)16-17-13/h1-8H,(H,17,18)(H,19,20);1-7H,(H,19,20)(H,21,22);1-7H,(H,17,18)(H,19,20);2-8H,1H3,(H,16,17)(H,18,19);2*1-7H,(H,16,17)(H,18,19). The number of carbonyl (C=O) groups is 6. The molecule has 604 valence electrons. The predicted octanol–water partition coefficient (Wildman–Crippen LogP) is 21.2. The Balaban J connectivity index is 0.000000114. The van der Waals surface area contributed by atoms with Crippen LogP contribution in [0.15, 0.2) is 261 Å². The number of para-hydroxylation sites is 1. The number of ether oxygens (including phenoxy) is 1. The van der Waals surface area contributed by atoms with Gasteiger partial charge in [-0.15, -0.1) is 22.7 Å². The molecular formula is C89H58ClF4N13O13S2. The molecule has 0 spiro atoms. The fourth-order valence-corrected chi connectivity index (χ4v) is 15.3. The maximum absolute atomic E-state index is 12.9. The largest absolute Gasteiger partial charge is 0.497 e. The summed E-state index contributed by atoms with van der Waals surface area (Å²) in [6.07, 6.45) is -4.45. The van der Waals surface area contributed by atoms with E-state index in [2.05, 4.69) is 84.4 Å². The molecule has 12 aromatic carbocycles. The Kier molecular flexibility index (Phi) is 23.0. The summed E-state index contributed by atoms with van der Waals surface area (Å²) in [6.45, 7) is 0. The van der Waals surface area contributed by atoms with E-state index in [4.69, 9.17) is 47.0 Å². The number of methoxy groups -OCH3 is 1. The molecule has 0 aliphatic heterocycles. The third kappa shape index (κ3) is 17.6. The van der Waals surface area contributed by atoms with Gasteiger partial charge in [-0.25, -0.2) is 38.1 Å². The van der Waals surface area contributed by atoms with Gasteiger partial charge in [-0.05, 0) is 200 Å². The summed E-state index contributed by atoms with van der Waals surface area (Å²) in [6, 6.07) is 72.3. The second kappa shape index (κ2) is 34.6. The number of aromatic nitrogens is 13. The van der Waals surface area contributed by atoms with E-state index in [-0.39, 0.29) is 50.5 Å². The third-order valence-corrected chi connectivity index (χ3v) is 21.4. The molecule has 0 unspecified atom stereocenters. The number of nitrogens with zero attached hydrogens (tertiary/aromatic N) is 7. The number of aromatic carboxylic acids is 6. The molecule has 0 amide bonds. The molecule has 0 aliphatic rings. The summed E-state index contributed by atoms with van der Waals surface area (Å²) in [5.41, 5.74) is 12.4. The Labute approximate surface area is 695 Å². The number of benzene rings is 12. The van der Waals surface area contributed by atoms with Crippen LogP contribution in [0.3, 0.4) is 0 Å². The van der Waals surface area contributed by atoms with Gasteiger partial charge in [0.05, 0.1) is 111 Å². The van der Waals surface area contributed by atoms with Crippen molar-refractivity contribution in [2.75, 3.05) is 7.11 Å². The maximum atomic E-state index is 12.9. The molecule has 0 radical (unpaired) electrons. The van der Waals surface area contributed by atoms with E-state index in [1.165, 1.54) is 58.6 Å². The van der Waals surface area contributed by atoms with E-state index in [1.54, 1.807) is 139 Å². The number of hydrogen-bond acceptors (Lipinski definition) is 16. The maximum Gasteiger partial charge on any atom is 0.416 e. The third-order valence-electron chi connectivity index (χ3n) is 19.0. The molecule has 26 nitrogen and oxygen atoms in total. The second-order valence-corrected chi connectivity index (χ2v) is 29.3. The number of thiazole rings is 1. The molecule has 0 atom stereocenters. The van der Waals surface area contributed by atoms with Gasteiger partial charge in [0.2, 0.25) is 0 Å². The van der Waals surface area contributed by atoms with E-state index in [9.17, 15) is 46.3 Å². The summed E-state index contributed by atoms with van der Waals surface area (Å²) < 4.78 is 58.7. The van der Waals surface area contributed by atoms with E-state index in [0.29, 0.717) is 44.1 Å². The van der Waals surface area contributed by atoms with Crippen molar-refractivity contribution in [3.63, 3.8) is 0 Å². The number of carboxylic acid groups (broad SMARTS) is 6. The van der Waals surface area contributed by atoms with Crippen LogP contribution >= 0.6 is 34.3 Å². The lowest BCUT2D eigenvalue weighted by Gasteiger charge is -2.07. The van der Waals surface area contributed by atoms with E-state index in [1.807, 2.05) is 72.8 Å². The molecule has 33 heteroatoms. The Morgan fingerprint density at radius 3 is 1.12 bits per heavy atom. The molecule has 122 heavy (non-hydrogen) atoms. The lowest BCUT2D eigenvalue weighted by Crippen LogP contribution is -2.04. The van der Waals surface area contributed by atoms with Gasteiger partial charge in [-0.2, -0.15) is 43.8 Å². The van der Waals surface area contributed by atoms with E-state index >= 15 is 0 Å². The molecule has 0 saturated heterocycles. The molecule has 12 N–H and O–H groups in total. The molecule has 0 bridgehead atoms. The first-order valence-corrected chi connectivity index (χ1v) is 38.3. The van der Waals surface area contributed by atoms with Gasteiger partial charge in [0.15, 0.2) is 0 Å². The summed E-state index contributed by atoms with van der Waals surface area (Å²) in [5, 5.41) is 104. The number of fused-ring (bicyclic) bond motifs is 8. The van der Waals surface area contributed by atoms with Gasteiger partial charge in [0.25, 0.3) is 0 Å². The zero-order valence-electron chi connectivity index (χ0n) is 62.7. The number of carboxylic acids is 6. The highest BCUT2D eigenvalue weighted by atomic mass is 35.5. The minimum Gasteiger partial charge on any atom is -0.497 e. The van der Waals surface area contributed by atoms with Gasteiger partial charge < -0.3 is 35.4 Å². The van der Waals surface area contributed by atoms with Gasteiger partial charge in [-0.3, -0.25) is 30.6 Å². The number of H-pyrrole nitrogens is 6. The Morgan fingerprint density at radius 1 is 0.352 bits per heavy atom. The number of nitrogens with one attached hydrogen (secondary N) is 6. The molecule has 0 aliphatic carbocycles. The van der Waals surface area contributed by atoms with E-state index < -0.39 is 47.6 Å². The molecule has 8 aromatic heterocycles. The highest BCUT2D eigenvalue weighted by Gasteiger charge is 2.31. The van der Waals surface area contributed by atoms with Crippen molar-refractivity contribution in [2.24, 2.45) is 0 Å². The van der Waals surface area contributed by atoms with Gasteiger partial charge in [0.1, 0.15) is 33.7 Å². The minimum atomic E-state index is -4.45. The highest BCUT2D eigenvalue weighted by Crippen LogP contribution is 2.40. The van der Waals surface area contributed by atoms with Crippen molar-refractivity contribution in [3.05, 3.63) is 311 Å². The van der Waals surface area contributed by atoms with Crippen LogP contribution in [0.5, 0.6) is 5.75 Å². The minimum absolute atomic E-state index is 0.0436.